The summed E-state index contributed by atoms with van der Waals surface area (Å²) in [6, 6.07) is -1.00. The first kappa shape index (κ1) is 11.9. The Labute approximate surface area is 87.8 Å². The number of carbonyl (C=O) groups excluding carboxylic acids is 1. The third-order valence-corrected chi connectivity index (χ3v) is 2.38. The molecule has 0 aromatic heterocycles. The van der Waals surface area contributed by atoms with Gasteiger partial charge in [-0.05, 0) is 13.3 Å². The molecule has 1 aliphatic heterocycles. The lowest BCUT2D eigenvalue weighted by Gasteiger charge is -2.25. The fourth-order valence-electron chi connectivity index (χ4n) is 1.44. The zero-order valence-corrected chi connectivity index (χ0v) is 8.66. The van der Waals surface area contributed by atoms with Gasteiger partial charge in [0.15, 0.2) is 0 Å². The molecule has 1 fully saturated rings. The Morgan fingerprint density at radius 1 is 1.67 bits per heavy atom. The van der Waals surface area contributed by atoms with Crippen LogP contribution in [0.25, 0.3) is 0 Å². The normalized spacial score (nSPS) is 27.3. The molecule has 0 aliphatic carbocycles. The summed E-state index contributed by atoms with van der Waals surface area (Å²) in [5.41, 5.74) is 5.01. The van der Waals surface area contributed by atoms with E-state index in [9.17, 15) is 9.59 Å². The number of carbonyl (C=O) groups is 2. The molecule has 0 saturated carbocycles. The molecule has 0 aromatic carbocycles. The topological polar surface area (TPSA) is 102 Å². The number of nitrogens with one attached hydrogen (secondary N) is 1. The summed E-state index contributed by atoms with van der Waals surface area (Å²) in [5, 5.41) is 11.2. The molecule has 1 aliphatic rings. The van der Waals surface area contributed by atoms with Crippen molar-refractivity contribution in [2.45, 2.75) is 31.3 Å². The molecule has 0 radical (unpaired) electrons. The highest BCUT2D eigenvalue weighted by Gasteiger charge is 2.32. The lowest BCUT2D eigenvalue weighted by molar-refractivity contribution is -0.139. The van der Waals surface area contributed by atoms with E-state index in [2.05, 4.69) is 5.32 Å². The Morgan fingerprint density at radius 2 is 2.33 bits per heavy atom. The second-order valence-electron chi connectivity index (χ2n) is 4.06. The Hall–Kier alpha value is -1.14. The molecule has 4 N–H and O–H groups in total. The van der Waals surface area contributed by atoms with Gasteiger partial charge in [0.1, 0.15) is 0 Å². The monoisotopic (exact) mass is 216 g/mol. The molecule has 0 spiro atoms. The summed E-state index contributed by atoms with van der Waals surface area (Å²) in [6.45, 7) is 2.90. The number of amides is 1. The number of ether oxygens (including phenoxy) is 1. The van der Waals surface area contributed by atoms with E-state index in [0.29, 0.717) is 13.2 Å². The summed E-state index contributed by atoms with van der Waals surface area (Å²) in [5.74, 6) is -1.52. The van der Waals surface area contributed by atoms with Gasteiger partial charge in [0.2, 0.25) is 5.91 Å². The van der Waals surface area contributed by atoms with Crippen molar-refractivity contribution in [2.24, 2.45) is 5.73 Å². The lowest BCUT2D eigenvalue weighted by atomic mass is 10.0. The molecule has 15 heavy (non-hydrogen) atoms. The highest BCUT2D eigenvalue weighted by atomic mass is 16.5. The van der Waals surface area contributed by atoms with Gasteiger partial charge in [0.05, 0.1) is 24.6 Å². The van der Waals surface area contributed by atoms with E-state index >= 15 is 0 Å². The van der Waals surface area contributed by atoms with E-state index in [1.165, 1.54) is 0 Å². The molecule has 1 saturated heterocycles. The smallest absolute Gasteiger partial charge is 0.305 e. The number of carboxylic acid groups (broad SMARTS) is 1. The highest BCUT2D eigenvalue weighted by Crippen LogP contribution is 2.17. The first-order valence-corrected chi connectivity index (χ1v) is 4.80. The van der Waals surface area contributed by atoms with Crippen LogP contribution < -0.4 is 11.1 Å². The van der Waals surface area contributed by atoms with Crippen LogP contribution in [0.15, 0.2) is 0 Å². The van der Waals surface area contributed by atoms with Gasteiger partial charge in [-0.3, -0.25) is 9.59 Å². The predicted octanol–water partition coefficient (Wildman–Crippen LogP) is -0.916. The number of nitrogens with two attached hydrogens (primary N) is 1. The maximum Gasteiger partial charge on any atom is 0.305 e. The second kappa shape index (κ2) is 4.59. The van der Waals surface area contributed by atoms with Crippen molar-refractivity contribution in [3.63, 3.8) is 0 Å². The molecule has 2 unspecified atom stereocenters. The zero-order chi connectivity index (χ0) is 11.5. The van der Waals surface area contributed by atoms with Gasteiger partial charge in [0.25, 0.3) is 0 Å². The highest BCUT2D eigenvalue weighted by molar-refractivity contribution is 5.86. The molecule has 86 valence electrons. The van der Waals surface area contributed by atoms with Crippen molar-refractivity contribution in [2.75, 3.05) is 13.2 Å². The van der Waals surface area contributed by atoms with Crippen molar-refractivity contribution >= 4 is 11.9 Å². The standard InChI is InChI=1S/C9H16N2O4/c1-9(2-3-15-5-9)11-8(14)6(10)4-7(12)13/h6H,2-5,10H2,1H3,(H,11,14)(H,12,13). The van der Waals surface area contributed by atoms with Gasteiger partial charge in [-0.1, -0.05) is 0 Å². The first-order valence-electron chi connectivity index (χ1n) is 4.80. The third kappa shape index (κ3) is 3.49. The van der Waals surface area contributed by atoms with Crippen LogP contribution in [0.4, 0.5) is 0 Å². The van der Waals surface area contributed by atoms with E-state index in [1.54, 1.807) is 0 Å². The largest absolute Gasteiger partial charge is 0.481 e. The first-order chi connectivity index (χ1) is 6.93. The zero-order valence-electron chi connectivity index (χ0n) is 8.66. The van der Waals surface area contributed by atoms with E-state index in [4.69, 9.17) is 15.6 Å². The molecule has 6 heteroatoms. The van der Waals surface area contributed by atoms with Crippen molar-refractivity contribution in [1.29, 1.82) is 0 Å². The third-order valence-electron chi connectivity index (χ3n) is 2.38. The van der Waals surface area contributed by atoms with Crippen molar-refractivity contribution in [3.05, 3.63) is 0 Å². The Balaban J connectivity index is 2.43. The number of hydrogen-bond acceptors (Lipinski definition) is 4. The Kier molecular flexibility index (Phi) is 3.65. The van der Waals surface area contributed by atoms with Gasteiger partial charge in [-0.25, -0.2) is 0 Å². The van der Waals surface area contributed by atoms with Gasteiger partial charge < -0.3 is 20.9 Å². The van der Waals surface area contributed by atoms with Gasteiger partial charge in [0, 0.05) is 6.61 Å². The Bertz CT molecular complexity index is 261. The average molecular weight is 216 g/mol. The summed E-state index contributed by atoms with van der Waals surface area (Å²) in [7, 11) is 0. The van der Waals surface area contributed by atoms with Gasteiger partial charge in [-0.2, -0.15) is 0 Å². The minimum atomic E-state index is -1.08. The Morgan fingerprint density at radius 3 is 2.80 bits per heavy atom. The second-order valence-corrected chi connectivity index (χ2v) is 4.06. The summed E-state index contributed by atoms with van der Waals surface area (Å²) >= 11 is 0. The van der Waals surface area contributed by atoms with Gasteiger partial charge in [-0.15, -0.1) is 0 Å². The average Bonchev–Trinajstić information content (AvgIpc) is 2.50. The lowest BCUT2D eigenvalue weighted by Crippen LogP contribution is -2.52. The quantitative estimate of drug-likeness (QED) is 0.564. The number of hydrogen-bond donors (Lipinski definition) is 3. The number of rotatable bonds is 4. The molecule has 0 aromatic rings. The summed E-state index contributed by atoms with van der Waals surface area (Å²) in [4.78, 5) is 21.8. The molecule has 1 amide bonds. The van der Waals surface area contributed by atoms with Crippen molar-refractivity contribution < 1.29 is 19.4 Å². The molecular weight excluding hydrogens is 200 g/mol. The van der Waals surface area contributed by atoms with E-state index in [0.717, 1.165) is 6.42 Å². The summed E-state index contributed by atoms with van der Waals surface area (Å²) in [6.07, 6.45) is 0.362. The van der Waals surface area contributed by atoms with Crippen LogP contribution in [0, 0.1) is 0 Å². The van der Waals surface area contributed by atoms with Gasteiger partial charge >= 0.3 is 5.97 Å². The van der Waals surface area contributed by atoms with E-state index < -0.39 is 23.5 Å². The van der Waals surface area contributed by atoms with E-state index in [-0.39, 0.29) is 6.42 Å². The van der Waals surface area contributed by atoms with E-state index in [1.807, 2.05) is 6.92 Å². The molecule has 6 nitrogen and oxygen atoms in total. The van der Waals surface area contributed by atoms with Crippen molar-refractivity contribution in [3.8, 4) is 0 Å². The molecule has 2 atom stereocenters. The molecule has 1 heterocycles. The van der Waals surface area contributed by atoms with Crippen LogP contribution in [0.2, 0.25) is 0 Å². The fourth-order valence-corrected chi connectivity index (χ4v) is 1.44. The van der Waals surface area contributed by atoms with Crippen LogP contribution in [0.3, 0.4) is 0 Å². The number of carboxylic acids is 1. The summed E-state index contributed by atoms with van der Waals surface area (Å²) < 4.78 is 5.15. The minimum Gasteiger partial charge on any atom is -0.481 e. The van der Waals surface area contributed by atoms with Crippen LogP contribution in [-0.4, -0.2) is 41.8 Å². The van der Waals surface area contributed by atoms with Crippen molar-refractivity contribution in [1.82, 2.24) is 5.32 Å². The van der Waals surface area contributed by atoms with Crippen LogP contribution in [0.1, 0.15) is 19.8 Å². The maximum absolute atomic E-state index is 11.5. The van der Waals surface area contributed by atoms with Crippen LogP contribution >= 0.6 is 0 Å². The maximum atomic E-state index is 11.5. The van der Waals surface area contributed by atoms with Crippen LogP contribution in [-0.2, 0) is 14.3 Å². The molecule has 1 rings (SSSR count). The SMILES string of the molecule is CC1(NC(=O)C(N)CC(=O)O)CCOC1. The minimum absolute atomic E-state index is 0.358. The molecular formula is C9H16N2O4. The predicted molar refractivity (Wildman–Crippen MR) is 52.2 cm³/mol. The fraction of sp³-hybridized carbons (Fsp3) is 0.778. The molecule has 0 bridgehead atoms. The number of aliphatic carboxylic acids is 1. The van der Waals surface area contributed by atoms with Crippen LogP contribution in [0.5, 0.6) is 0 Å².